The van der Waals surface area contributed by atoms with Crippen LogP contribution in [0.15, 0.2) is 24.4 Å². The zero-order valence-electron chi connectivity index (χ0n) is 16.0. The van der Waals surface area contributed by atoms with E-state index >= 15 is 0 Å². The summed E-state index contributed by atoms with van der Waals surface area (Å²) in [5.41, 5.74) is -0.127. The lowest BCUT2D eigenvalue weighted by Crippen LogP contribution is -2.55. The summed E-state index contributed by atoms with van der Waals surface area (Å²) in [7, 11) is 0. The third-order valence-electron chi connectivity index (χ3n) is 4.06. The molecule has 25 heavy (non-hydrogen) atoms. The number of hydrogen-bond donors (Lipinski definition) is 2. The van der Waals surface area contributed by atoms with Crippen molar-refractivity contribution >= 4 is 12.0 Å². The van der Waals surface area contributed by atoms with E-state index in [2.05, 4.69) is 15.6 Å². The van der Waals surface area contributed by atoms with Crippen LogP contribution in [0.3, 0.4) is 0 Å². The van der Waals surface area contributed by atoms with Crippen LogP contribution in [-0.4, -0.2) is 34.7 Å². The van der Waals surface area contributed by atoms with Crippen LogP contribution in [0.25, 0.3) is 0 Å². The fourth-order valence-corrected chi connectivity index (χ4v) is 2.42. The monoisotopic (exact) mass is 349 g/mol. The van der Waals surface area contributed by atoms with Gasteiger partial charge in [0.2, 0.25) is 5.91 Å². The molecule has 0 fully saturated rings. The topological polar surface area (TPSA) is 80.3 Å². The minimum absolute atomic E-state index is 0.0414. The van der Waals surface area contributed by atoms with Gasteiger partial charge < -0.3 is 15.4 Å². The van der Waals surface area contributed by atoms with E-state index in [1.807, 2.05) is 52.8 Å². The number of aromatic nitrogens is 1. The van der Waals surface area contributed by atoms with E-state index < -0.39 is 17.2 Å². The number of nitrogens with one attached hydrogen (secondary N) is 2. The first-order valence-electron chi connectivity index (χ1n) is 8.87. The van der Waals surface area contributed by atoms with Crippen LogP contribution in [0.2, 0.25) is 0 Å². The molecule has 0 saturated carbocycles. The predicted octanol–water partition coefficient (Wildman–Crippen LogP) is 3.21. The molecule has 0 atom stereocenters. The molecular formula is C19H31N3O3. The van der Waals surface area contributed by atoms with Crippen molar-refractivity contribution < 1.29 is 14.3 Å². The third-order valence-corrected chi connectivity index (χ3v) is 4.06. The van der Waals surface area contributed by atoms with E-state index in [1.54, 1.807) is 6.20 Å². The summed E-state index contributed by atoms with van der Waals surface area (Å²) in [6.07, 6.45) is 3.64. The number of carbonyl (C=O) groups excluding carboxylic acids is 2. The Hall–Kier alpha value is -2.11. The fraction of sp³-hybridized carbons (Fsp3) is 0.632. The Morgan fingerprint density at radius 2 is 1.84 bits per heavy atom. The molecule has 0 unspecified atom stereocenters. The second-order valence-corrected chi connectivity index (χ2v) is 7.21. The van der Waals surface area contributed by atoms with Gasteiger partial charge in [0.1, 0.15) is 5.60 Å². The van der Waals surface area contributed by atoms with E-state index in [1.165, 1.54) is 0 Å². The third kappa shape index (κ3) is 8.01. The maximum atomic E-state index is 12.3. The number of amides is 2. The Kier molecular flexibility index (Phi) is 7.87. The van der Waals surface area contributed by atoms with Crippen molar-refractivity contribution in [3.8, 4) is 0 Å². The van der Waals surface area contributed by atoms with E-state index in [-0.39, 0.29) is 5.91 Å². The van der Waals surface area contributed by atoms with Gasteiger partial charge in [-0.3, -0.25) is 9.78 Å². The summed E-state index contributed by atoms with van der Waals surface area (Å²) >= 11 is 0. The first-order valence-corrected chi connectivity index (χ1v) is 8.87. The number of aryl methyl sites for hydroxylation is 1. The second-order valence-electron chi connectivity index (χ2n) is 7.21. The molecule has 0 bridgehead atoms. The Labute approximate surface area is 150 Å². The molecule has 0 spiro atoms. The summed E-state index contributed by atoms with van der Waals surface area (Å²) < 4.78 is 5.26. The molecule has 1 aromatic heterocycles. The average Bonchev–Trinajstić information content (AvgIpc) is 2.56. The molecule has 1 aromatic rings. The van der Waals surface area contributed by atoms with E-state index in [9.17, 15) is 9.59 Å². The van der Waals surface area contributed by atoms with Gasteiger partial charge in [-0.05, 0) is 52.2 Å². The van der Waals surface area contributed by atoms with Gasteiger partial charge in [-0.2, -0.15) is 0 Å². The zero-order chi connectivity index (χ0) is 18.9. The first kappa shape index (κ1) is 20.9. The van der Waals surface area contributed by atoms with Crippen molar-refractivity contribution in [2.45, 2.75) is 71.4 Å². The highest BCUT2D eigenvalue weighted by Crippen LogP contribution is 2.15. The highest BCUT2D eigenvalue weighted by atomic mass is 16.6. The Balaban J connectivity index is 2.55. The van der Waals surface area contributed by atoms with Crippen LogP contribution in [0.1, 0.15) is 59.6 Å². The number of hydrogen-bond acceptors (Lipinski definition) is 4. The molecule has 0 radical (unpaired) electrons. The summed E-state index contributed by atoms with van der Waals surface area (Å²) in [5.74, 6) is -0.0414. The minimum Gasteiger partial charge on any atom is -0.444 e. The molecule has 2 amide bonds. The second kappa shape index (κ2) is 9.39. The van der Waals surface area contributed by atoms with Gasteiger partial charge in [-0.25, -0.2) is 4.79 Å². The fourth-order valence-electron chi connectivity index (χ4n) is 2.42. The molecule has 0 saturated heterocycles. The van der Waals surface area contributed by atoms with Crippen LogP contribution in [-0.2, 0) is 16.0 Å². The van der Waals surface area contributed by atoms with Gasteiger partial charge >= 0.3 is 6.09 Å². The number of pyridine rings is 1. The standard InChI is InChI=1S/C19H31N3O3/c1-6-19(7-2,14-21-17(24)25-18(3,4)5)22-16(23)12-11-15-10-8-9-13-20-15/h8-10,13H,6-7,11-12,14H2,1-5H3,(H,21,24)(H,22,23). The van der Waals surface area contributed by atoms with Crippen molar-refractivity contribution in [2.75, 3.05) is 6.54 Å². The Morgan fingerprint density at radius 1 is 1.16 bits per heavy atom. The van der Waals surface area contributed by atoms with Crippen LogP contribution >= 0.6 is 0 Å². The largest absolute Gasteiger partial charge is 0.444 e. The summed E-state index contributed by atoms with van der Waals surface area (Å²) in [6.45, 7) is 9.79. The number of alkyl carbamates (subject to hydrolysis) is 1. The van der Waals surface area contributed by atoms with Gasteiger partial charge in [0.15, 0.2) is 0 Å². The molecule has 0 aromatic carbocycles. The number of ether oxygens (including phenoxy) is 1. The van der Waals surface area contributed by atoms with Gasteiger partial charge in [0.05, 0.1) is 5.54 Å². The molecule has 0 aliphatic carbocycles. The molecule has 0 aliphatic heterocycles. The Bertz CT molecular complexity index is 549. The van der Waals surface area contributed by atoms with Crippen LogP contribution in [0, 0.1) is 0 Å². The molecule has 1 heterocycles. The first-order chi connectivity index (χ1) is 11.7. The van der Waals surface area contributed by atoms with Gasteiger partial charge in [-0.15, -0.1) is 0 Å². The lowest BCUT2D eigenvalue weighted by Gasteiger charge is -2.33. The van der Waals surface area contributed by atoms with Crippen molar-refractivity contribution in [3.05, 3.63) is 30.1 Å². The minimum atomic E-state index is -0.545. The summed E-state index contributed by atoms with van der Waals surface area (Å²) in [5, 5.41) is 5.85. The van der Waals surface area contributed by atoms with Crippen molar-refractivity contribution in [3.63, 3.8) is 0 Å². The predicted molar refractivity (Wildman–Crippen MR) is 98.3 cm³/mol. The van der Waals surface area contributed by atoms with E-state index in [4.69, 9.17) is 4.74 Å². The lowest BCUT2D eigenvalue weighted by molar-refractivity contribution is -0.123. The molecule has 0 aliphatic rings. The number of nitrogens with zero attached hydrogens (tertiary/aromatic N) is 1. The van der Waals surface area contributed by atoms with E-state index in [0.29, 0.717) is 32.2 Å². The van der Waals surface area contributed by atoms with Crippen LogP contribution in [0.5, 0.6) is 0 Å². The number of carbonyl (C=O) groups is 2. The highest BCUT2D eigenvalue weighted by Gasteiger charge is 2.29. The highest BCUT2D eigenvalue weighted by molar-refractivity contribution is 5.77. The molecule has 140 valence electrons. The average molecular weight is 349 g/mol. The van der Waals surface area contributed by atoms with Gasteiger partial charge in [0, 0.05) is 24.9 Å². The van der Waals surface area contributed by atoms with Gasteiger partial charge in [-0.1, -0.05) is 19.9 Å². The summed E-state index contributed by atoms with van der Waals surface area (Å²) in [6, 6.07) is 5.67. The maximum Gasteiger partial charge on any atom is 0.407 e. The molecule has 1 rings (SSSR count). The zero-order valence-corrected chi connectivity index (χ0v) is 16.0. The van der Waals surface area contributed by atoms with E-state index in [0.717, 1.165) is 5.69 Å². The van der Waals surface area contributed by atoms with Crippen molar-refractivity contribution in [1.82, 2.24) is 15.6 Å². The SMILES string of the molecule is CCC(CC)(CNC(=O)OC(C)(C)C)NC(=O)CCc1ccccn1. The van der Waals surface area contributed by atoms with Gasteiger partial charge in [0.25, 0.3) is 0 Å². The van der Waals surface area contributed by atoms with Crippen molar-refractivity contribution in [1.29, 1.82) is 0 Å². The maximum absolute atomic E-state index is 12.3. The molecular weight excluding hydrogens is 318 g/mol. The van der Waals surface area contributed by atoms with Crippen molar-refractivity contribution in [2.24, 2.45) is 0 Å². The number of rotatable bonds is 8. The Morgan fingerprint density at radius 3 is 2.36 bits per heavy atom. The van der Waals surface area contributed by atoms with Crippen LogP contribution in [0.4, 0.5) is 4.79 Å². The molecule has 6 nitrogen and oxygen atoms in total. The lowest BCUT2D eigenvalue weighted by atomic mass is 9.92. The smallest absolute Gasteiger partial charge is 0.407 e. The van der Waals surface area contributed by atoms with Crippen LogP contribution < -0.4 is 10.6 Å². The molecule has 2 N–H and O–H groups in total. The normalized spacial score (nSPS) is 11.7. The molecule has 6 heteroatoms. The quantitative estimate of drug-likeness (QED) is 0.755. The summed E-state index contributed by atoms with van der Waals surface area (Å²) in [4.78, 5) is 28.4.